The van der Waals surface area contributed by atoms with Crippen LogP contribution in [-0.2, 0) is 4.79 Å². The van der Waals surface area contributed by atoms with Gasteiger partial charge in [0.05, 0.1) is 16.1 Å². The zero-order valence-corrected chi connectivity index (χ0v) is 16.8. The molecule has 9 heteroatoms. The molecule has 2 heterocycles. The molecule has 3 amide bonds. The molecule has 27 heavy (non-hydrogen) atoms. The molecule has 1 aromatic carbocycles. The van der Waals surface area contributed by atoms with Gasteiger partial charge in [0.25, 0.3) is 5.91 Å². The summed E-state index contributed by atoms with van der Waals surface area (Å²) in [5, 5.41) is 6.46. The van der Waals surface area contributed by atoms with Crippen LogP contribution >= 0.6 is 15.9 Å². The Morgan fingerprint density at radius 2 is 2.00 bits per heavy atom. The Kier molecular flexibility index (Phi) is 5.05. The smallest absolute Gasteiger partial charge is 0.324 e. The van der Waals surface area contributed by atoms with E-state index in [1.165, 1.54) is 15.9 Å². The van der Waals surface area contributed by atoms with Gasteiger partial charge in [-0.15, -0.1) is 0 Å². The molecule has 1 atom stereocenters. The van der Waals surface area contributed by atoms with E-state index in [2.05, 4.69) is 26.4 Å². The van der Waals surface area contributed by atoms with E-state index in [4.69, 9.17) is 4.52 Å². The van der Waals surface area contributed by atoms with Gasteiger partial charge in [0.15, 0.2) is 5.82 Å². The molecule has 142 valence electrons. The highest BCUT2D eigenvalue weighted by molar-refractivity contribution is 9.10. The molecule has 1 N–H and O–H groups in total. The number of rotatable bonds is 3. The minimum absolute atomic E-state index is 0.254. The van der Waals surface area contributed by atoms with Crippen LogP contribution in [0.1, 0.15) is 24.3 Å². The normalized spacial score (nSPS) is 17.6. The Balaban J connectivity index is 2.08. The highest BCUT2D eigenvalue weighted by Crippen LogP contribution is 2.37. The van der Waals surface area contributed by atoms with Crippen molar-refractivity contribution in [2.24, 2.45) is 0 Å². The quantitative estimate of drug-likeness (QED) is 0.792. The van der Waals surface area contributed by atoms with Crippen LogP contribution < -0.4 is 5.32 Å². The molecule has 0 saturated heterocycles. The van der Waals surface area contributed by atoms with E-state index >= 15 is 0 Å². The van der Waals surface area contributed by atoms with E-state index in [1.54, 1.807) is 46.1 Å². The highest BCUT2D eigenvalue weighted by Gasteiger charge is 2.38. The number of aromatic nitrogens is 1. The molecule has 0 bridgehead atoms. The number of aryl methyl sites for hydroxylation is 1. The molecular formula is C18H18BrFN4O3. The molecule has 1 aromatic heterocycles. The van der Waals surface area contributed by atoms with Crippen molar-refractivity contribution in [3.05, 3.63) is 57.1 Å². The van der Waals surface area contributed by atoms with Gasteiger partial charge < -0.3 is 19.6 Å². The number of hydrogen-bond acceptors (Lipinski definition) is 4. The monoisotopic (exact) mass is 436 g/mol. The topological polar surface area (TPSA) is 78.7 Å². The molecule has 1 aliphatic rings. The minimum atomic E-state index is -0.682. The lowest BCUT2D eigenvalue weighted by atomic mass is 9.93. The lowest BCUT2D eigenvalue weighted by Crippen LogP contribution is -2.47. The number of allylic oxidation sites excluding steroid dienone is 1. The molecule has 0 unspecified atom stereocenters. The van der Waals surface area contributed by atoms with Crippen LogP contribution in [-0.4, -0.2) is 41.0 Å². The van der Waals surface area contributed by atoms with Crippen LogP contribution in [0.15, 0.2) is 44.5 Å². The molecular weight excluding hydrogens is 419 g/mol. The van der Waals surface area contributed by atoms with Crippen molar-refractivity contribution in [2.75, 3.05) is 19.4 Å². The van der Waals surface area contributed by atoms with Crippen molar-refractivity contribution in [1.82, 2.24) is 15.0 Å². The van der Waals surface area contributed by atoms with Crippen LogP contribution in [0.5, 0.6) is 0 Å². The summed E-state index contributed by atoms with van der Waals surface area (Å²) in [5.74, 6) is -0.00926. The fraction of sp³-hybridized carbons (Fsp3) is 0.278. The first-order valence-corrected chi connectivity index (χ1v) is 8.91. The van der Waals surface area contributed by atoms with E-state index in [1.807, 2.05) is 0 Å². The maximum Gasteiger partial charge on any atom is 0.324 e. The minimum Gasteiger partial charge on any atom is -0.360 e. The zero-order valence-electron chi connectivity index (χ0n) is 15.2. The fourth-order valence-corrected chi connectivity index (χ4v) is 3.43. The fourth-order valence-electron chi connectivity index (χ4n) is 3.03. The maximum atomic E-state index is 13.7. The molecule has 7 nitrogen and oxygen atoms in total. The third kappa shape index (κ3) is 3.46. The average molecular weight is 437 g/mol. The van der Waals surface area contributed by atoms with Gasteiger partial charge in [-0.25, -0.2) is 9.18 Å². The Morgan fingerprint density at radius 3 is 2.59 bits per heavy atom. The van der Waals surface area contributed by atoms with E-state index in [0.29, 0.717) is 22.6 Å². The Morgan fingerprint density at radius 1 is 1.30 bits per heavy atom. The predicted molar refractivity (Wildman–Crippen MR) is 100 cm³/mol. The van der Waals surface area contributed by atoms with Gasteiger partial charge in [-0.3, -0.25) is 4.79 Å². The first kappa shape index (κ1) is 19.1. The van der Waals surface area contributed by atoms with Crippen LogP contribution in [0, 0.1) is 12.7 Å². The number of nitrogens with zero attached hydrogens (tertiary/aromatic N) is 3. The van der Waals surface area contributed by atoms with Crippen LogP contribution in [0.4, 0.5) is 15.0 Å². The molecule has 2 aromatic rings. The summed E-state index contributed by atoms with van der Waals surface area (Å²) in [4.78, 5) is 28.4. The summed E-state index contributed by atoms with van der Waals surface area (Å²) < 4.78 is 18.9. The van der Waals surface area contributed by atoms with Crippen molar-refractivity contribution < 1.29 is 18.5 Å². The lowest BCUT2D eigenvalue weighted by molar-refractivity contribution is -0.113. The van der Waals surface area contributed by atoms with Crippen LogP contribution in [0.25, 0.3) is 0 Å². The number of carbonyl (C=O) groups excluding carboxylic acids is 2. The van der Waals surface area contributed by atoms with Crippen LogP contribution in [0.2, 0.25) is 0 Å². The first-order chi connectivity index (χ1) is 12.7. The number of benzene rings is 1. The summed E-state index contributed by atoms with van der Waals surface area (Å²) in [6.07, 6.45) is 0. The summed E-state index contributed by atoms with van der Waals surface area (Å²) in [6, 6.07) is 5.06. The van der Waals surface area contributed by atoms with Crippen molar-refractivity contribution in [1.29, 1.82) is 0 Å². The number of amides is 3. The maximum absolute atomic E-state index is 13.7. The third-order valence-electron chi connectivity index (χ3n) is 4.52. The number of carbonyl (C=O) groups is 2. The summed E-state index contributed by atoms with van der Waals surface area (Å²) >= 11 is 3.16. The Hall–Kier alpha value is -2.68. The molecule has 0 spiro atoms. The van der Waals surface area contributed by atoms with Crippen molar-refractivity contribution in [2.45, 2.75) is 19.9 Å². The predicted octanol–water partition coefficient (Wildman–Crippen LogP) is 3.84. The van der Waals surface area contributed by atoms with Gasteiger partial charge in [-0.1, -0.05) is 11.2 Å². The molecule has 0 radical (unpaired) electrons. The van der Waals surface area contributed by atoms with E-state index in [9.17, 15) is 14.0 Å². The average Bonchev–Trinajstić information content (AvgIpc) is 3.03. The SMILES string of the molecule is CC1=C(C(=O)Nc2cc(C)on2)[C@H](c2ccc(F)c(Br)c2)N(C)C(=O)N1C. The van der Waals surface area contributed by atoms with E-state index in [-0.39, 0.29) is 16.3 Å². The second kappa shape index (κ2) is 7.15. The van der Waals surface area contributed by atoms with Gasteiger partial charge >= 0.3 is 6.03 Å². The number of halogens is 2. The lowest BCUT2D eigenvalue weighted by Gasteiger charge is -2.39. The van der Waals surface area contributed by atoms with Gasteiger partial charge in [0.2, 0.25) is 0 Å². The number of hydrogen-bond donors (Lipinski definition) is 1. The van der Waals surface area contributed by atoms with Crippen molar-refractivity contribution >= 4 is 33.7 Å². The van der Waals surface area contributed by atoms with Gasteiger partial charge in [-0.2, -0.15) is 0 Å². The van der Waals surface area contributed by atoms with E-state index in [0.717, 1.165) is 0 Å². The standard InChI is InChI=1S/C18H18BrFN4O3/c1-9-7-14(22-27-9)21-17(25)15-10(2)23(3)18(26)24(4)16(15)11-5-6-13(20)12(19)8-11/h5-8,16H,1-4H3,(H,21,22,25)/t16-/m0/s1. The summed E-state index contributed by atoms with van der Waals surface area (Å²) in [7, 11) is 3.19. The largest absolute Gasteiger partial charge is 0.360 e. The molecule has 0 fully saturated rings. The number of likely N-dealkylation sites (N-methyl/N-ethyl adjacent to an activating group) is 1. The highest BCUT2D eigenvalue weighted by atomic mass is 79.9. The second-order valence-electron chi connectivity index (χ2n) is 6.30. The number of nitrogens with one attached hydrogen (secondary N) is 1. The van der Waals surface area contributed by atoms with Crippen LogP contribution in [0.3, 0.4) is 0 Å². The number of urea groups is 1. The number of anilines is 1. The summed E-state index contributed by atoms with van der Waals surface area (Å²) in [6.45, 7) is 3.41. The summed E-state index contributed by atoms with van der Waals surface area (Å²) in [5.41, 5.74) is 1.47. The molecule has 1 aliphatic heterocycles. The molecule has 3 rings (SSSR count). The first-order valence-electron chi connectivity index (χ1n) is 8.11. The molecule has 0 saturated carbocycles. The van der Waals surface area contributed by atoms with E-state index < -0.39 is 17.8 Å². The van der Waals surface area contributed by atoms with Crippen molar-refractivity contribution in [3.63, 3.8) is 0 Å². The zero-order chi connectivity index (χ0) is 19.9. The Labute approximate surface area is 163 Å². The van der Waals surface area contributed by atoms with Gasteiger partial charge in [0, 0.05) is 25.9 Å². The molecule has 0 aliphatic carbocycles. The van der Waals surface area contributed by atoms with Crippen molar-refractivity contribution in [3.8, 4) is 0 Å². The third-order valence-corrected chi connectivity index (χ3v) is 5.12. The Bertz CT molecular complexity index is 956. The van der Waals surface area contributed by atoms with Gasteiger partial charge in [0.1, 0.15) is 11.6 Å². The second-order valence-corrected chi connectivity index (χ2v) is 7.16. The van der Waals surface area contributed by atoms with Gasteiger partial charge in [-0.05, 0) is 47.5 Å².